The summed E-state index contributed by atoms with van der Waals surface area (Å²) in [4.78, 5) is 3.87. The Morgan fingerprint density at radius 3 is 1.62 bits per heavy atom. The van der Waals surface area contributed by atoms with Gasteiger partial charge in [0, 0.05) is 54.9 Å². The molecule has 0 saturated heterocycles. The van der Waals surface area contributed by atoms with Crippen molar-refractivity contribution in [2.75, 3.05) is 0 Å². The predicted octanol–water partition coefficient (Wildman–Crippen LogP) is 13.1. The summed E-state index contributed by atoms with van der Waals surface area (Å²) in [5, 5.41) is 17.3. The highest BCUT2D eigenvalue weighted by Gasteiger charge is 2.21. The quantitative estimate of drug-likeness (QED) is 0.169. The van der Waals surface area contributed by atoms with Gasteiger partial charge in [0.25, 0.3) is 0 Å². The molecule has 5 heteroatoms. The van der Waals surface area contributed by atoms with E-state index in [2.05, 4.69) is 158 Å². The molecule has 5 nitrogen and oxygen atoms in total. The van der Waals surface area contributed by atoms with Gasteiger partial charge in [-0.2, -0.15) is 5.26 Å². The minimum Gasteiger partial charge on any atom is -0.311 e. The molecular formula is C50H29N5. The van der Waals surface area contributed by atoms with Crippen LogP contribution in [0.1, 0.15) is 5.56 Å². The number of nitriles is 1. The SMILES string of the molecule is [C-]#[N+]c1cccc2c1c1ccccc1n2-c1ccc(C#N)c(-c2ccccc2-n2c3ccccc3c3cc(-n4c5ccccc5c5ccccc54)ccc32)c1. The van der Waals surface area contributed by atoms with Gasteiger partial charge in [0.1, 0.15) is 0 Å². The number of rotatable bonds is 4. The van der Waals surface area contributed by atoms with E-state index in [1.165, 1.54) is 21.8 Å². The Hall–Kier alpha value is -7.86. The molecule has 0 atom stereocenters. The predicted molar refractivity (Wildman–Crippen MR) is 226 cm³/mol. The van der Waals surface area contributed by atoms with Crippen LogP contribution in [0.2, 0.25) is 0 Å². The van der Waals surface area contributed by atoms with E-state index in [-0.39, 0.29) is 0 Å². The number of nitrogens with zero attached hydrogens (tertiary/aromatic N) is 5. The summed E-state index contributed by atoms with van der Waals surface area (Å²) in [6.07, 6.45) is 0. The van der Waals surface area contributed by atoms with Gasteiger partial charge >= 0.3 is 0 Å². The third kappa shape index (κ3) is 4.39. The minimum absolute atomic E-state index is 0.591. The van der Waals surface area contributed by atoms with Crippen molar-refractivity contribution in [2.45, 2.75) is 0 Å². The molecule has 0 amide bonds. The number of fused-ring (bicyclic) bond motifs is 9. The first kappa shape index (κ1) is 30.7. The van der Waals surface area contributed by atoms with Crippen molar-refractivity contribution in [3.8, 4) is 34.3 Å². The second-order valence-electron chi connectivity index (χ2n) is 13.9. The molecule has 0 N–H and O–H groups in total. The molecule has 8 aromatic carbocycles. The van der Waals surface area contributed by atoms with Crippen molar-refractivity contribution in [1.29, 1.82) is 5.26 Å². The first-order chi connectivity index (χ1) is 27.2. The van der Waals surface area contributed by atoms with Crippen LogP contribution in [0.5, 0.6) is 0 Å². The van der Waals surface area contributed by atoms with E-state index in [0.717, 1.165) is 71.8 Å². The molecular weight excluding hydrogens is 671 g/mol. The molecule has 0 aliphatic carbocycles. The zero-order valence-corrected chi connectivity index (χ0v) is 29.5. The zero-order valence-electron chi connectivity index (χ0n) is 29.5. The van der Waals surface area contributed by atoms with Crippen molar-refractivity contribution in [1.82, 2.24) is 13.7 Å². The monoisotopic (exact) mass is 699 g/mol. The molecule has 254 valence electrons. The van der Waals surface area contributed by atoms with Gasteiger partial charge < -0.3 is 13.7 Å². The lowest BCUT2D eigenvalue weighted by molar-refractivity contribution is 1.16. The first-order valence-electron chi connectivity index (χ1n) is 18.3. The van der Waals surface area contributed by atoms with Crippen LogP contribution < -0.4 is 0 Å². The summed E-state index contributed by atoms with van der Waals surface area (Å²) in [5.74, 6) is 0. The van der Waals surface area contributed by atoms with E-state index in [1.807, 2.05) is 42.5 Å². The second kappa shape index (κ2) is 11.8. The summed E-state index contributed by atoms with van der Waals surface area (Å²) in [5.41, 5.74) is 12.5. The van der Waals surface area contributed by atoms with Gasteiger partial charge in [-0.25, -0.2) is 4.85 Å². The highest BCUT2D eigenvalue weighted by Crippen LogP contribution is 2.42. The molecule has 0 saturated carbocycles. The highest BCUT2D eigenvalue weighted by molar-refractivity contribution is 6.16. The summed E-state index contributed by atoms with van der Waals surface area (Å²) in [7, 11) is 0. The molecule has 3 aromatic heterocycles. The minimum atomic E-state index is 0.591. The van der Waals surface area contributed by atoms with E-state index in [4.69, 9.17) is 6.57 Å². The van der Waals surface area contributed by atoms with Crippen molar-refractivity contribution in [3.63, 3.8) is 0 Å². The summed E-state index contributed by atoms with van der Waals surface area (Å²) < 4.78 is 6.92. The van der Waals surface area contributed by atoms with Gasteiger partial charge in [-0.1, -0.05) is 103 Å². The number of hydrogen-bond donors (Lipinski definition) is 0. The molecule has 11 aromatic rings. The molecule has 0 bridgehead atoms. The Bertz CT molecular complexity index is 3420. The third-order valence-corrected chi connectivity index (χ3v) is 11.1. The van der Waals surface area contributed by atoms with Crippen LogP contribution in [0.3, 0.4) is 0 Å². The summed E-state index contributed by atoms with van der Waals surface area (Å²) in [6.45, 7) is 7.91. The van der Waals surface area contributed by atoms with E-state index in [1.54, 1.807) is 0 Å². The Kier molecular flexibility index (Phi) is 6.61. The van der Waals surface area contributed by atoms with E-state index < -0.39 is 0 Å². The highest BCUT2D eigenvalue weighted by atomic mass is 15.0. The van der Waals surface area contributed by atoms with Crippen molar-refractivity contribution >= 4 is 71.1 Å². The molecule has 0 aliphatic heterocycles. The fourth-order valence-electron chi connectivity index (χ4n) is 8.82. The first-order valence-corrected chi connectivity index (χ1v) is 18.3. The molecule has 55 heavy (non-hydrogen) atoms. The standard InChI is InChI=1S/C50H29N5/c1-52-42-18-12-24-49-50(42)39-17-6-11-23-47(39)54(49)33-26-25-32(31-51)40(29-33)37-15-4-9-21-45(37)55-46-22-10-5-16-38(46)41-30-34(27-28-48(41)55)53-43-19-7-2-13-35(43)36-14-3-8-20-44(36)53/h2-30H. The Balaban J connectivity index is 1.15. The molecule has 0 unspecified atom stereocenters. The maximum Gasteiger partial charge on any atom is 0.197 e. The van der Waals surface area contributed by atoms with Gasteiger partial charge in [-0.3, -0.25) is 0 Å². The number of aromatic nitrogens is 3. The smallest absolute Gasteiger partial charge is 0.197 e. The molecule has 0 radical (unpaired) electrons. The number of benzene rings is 8. The van der Waals surface area contributed by atoms with Gasteiger partial charge in [0.2, 0.25) is 0 Å². The van der Waals surface area contributed by atoms with Gasteiger partial charge in [-0.05, 0) is 78.2 Å². The fraction of sp³-hybridized carbons (Fsp3) is 0. The Morgan fingerprint density at radius 2 is 0.927 bits per heavy atom. The van der Waals surface area contributed by atoms with Gasteiger partial charge in [0.05, 0.1) is 51.5 Å². The largest absolute Gasteiger partial charge is 0.311 e. The van der Waals surface area contributed by atoms with E-state index in [9.17, 15) is 5.26 Å². The van der Waals surface area contributed by atoms with Crippen LogP contribution in [0.15, 0.2) is 176 Å². The van der Waals surface area contributed by atoms with Crippen LogP contribution in [0, 0.1) is 17.9 Å². The second-order valence-corrected chi connectivity index (χ2v) is 13.9. The van der Waals surface area contributed by atoms with Crippen molar-refractivity contribution in [3.05, 3.63) is 193 Å². The normalized spacial score (nSPS) is 11.6. The van der Waals surface area contributed by atoms with Crippen LogP contribution in [0.25, 0.3) is 98.5 Å². The third-order valence-electron chi connectivity index (χ3n) is 11.1. The Morgan fingerprint density at radius 1 is 0.418 bits per heavy atom. The Labute approximate surface area is 316 Å². The van der Waals surface area contributed by atoms with Crippen LogP contribution >= 0.6 is 0 Å². The maximum absolute atomic E-state index is 10.6. The topological polar surface area (TPSA) is 42.9 Å². The molecule has 3 heterocycles. The van der Waals surface area contributed by atoms with Crippen molar-refractivity contribution in [2.24, 2.45) is 0 Å². The lowest BCUT2D eigenvalue weighted by Crippen LogP contribution is -2.00. The van der Waals surface area contributed by atoms with Gasteiger partial charge in [0.15, 0.2) is 5.69 Å². The van der Waals surface area contributed by atoms with Crippen LogP contribution in [-0.4, -0.2) is 13.7 Å². The molecule has 0 fully saturated rings. The lowest BCUT2D eigenvalue weighted by Gasteiger charge is -2.17. The maximum atomic E-state index is 10.6. The molecule has 11 rings (SSSR count). The van der Waals surface area contributed by atoms with Crippen LogP contribution in [0.4, 0.5) is 5.69 Å². The average Bonchev–Trinajstić information content (AvgIpc) is 3.89. The summed E-state index contributed by atoms with van der Waals surface area (Å²) in [6, 6.07) is 63.6. The molecule has 0 aliphatic rings. The fourth-order valence-corrected chi connectivity index (χ4v) is 8.82. The molecule has 0 spiro atoms. The van der Waals surface area contributed by atoms with E-state index >= 15 is 0 Å². The number of para-hydroxylation sites is 5. The lowest BCUT2D eigenvalue weighted by atomic mass is 9.97. The zero-order chi connectivity index (χ0) is 36.6. The van der Waals surface area contributed by atoms with Gasteiger partial charge in [-0.15, -0.1) is 0 Å². The van der Waals surface area contributed by atoms with Crippen molar-refractivity contribution < 1.29 is 0 Å². The van der Waals surface area contributed by atoms with E-state index in [0.29, 0.717) is 11.3 Å². The number of hydrogen-bond acceptors (Lipinski definition) is 1. The summed E-state index contributed by atoms with van der Waals surface area (Å²) >= 11 is 0. The van der Waals surface area contributed by atoms with Crippen LogP contribution in [-0.2, 0) is 0 Å². The average molecular weight is 700 g/mol.